The van der Waals surface area contributed by atoms with Gasteiger partial charge in [-0.15, -0.1) is 0 Å². The molecule has 0 heterocycles. The number of aryl methyl sites for hydroxylation is 1. The third-order valence-corrected chi connectivity index (χ3v) is 5.51. The van der Waals surface area contributed by atoms with Crippen LogP contribution in [0.4, 0.5) is 4.39 Å². The van der Waals surface area contributed by atoms with Gasteiger partial charge in [0, 0.05) is 4.83 Å². The number of ether oxygens (including phenoxy) is 1. The van der Waals surface area contributed by atoms with E-state index in [4.69, 9.17) is 4.74 Å². The Bertz CT molecular complexity index is 641. The van der Waals surface area contributed by atoms with Crippen molar-refractivity contribution < 1.29 is 9.13 Å². The molecule has 110 valence electrons. The third-order valence-electron chi connectivity index (χ3n) is 4.26. The molecule has 2 aromatic carbocycles. The molecule has 0 bridgehead atoms. The summed E-state index contributed by atoms with van der Waals surface area (Å²) in [6.07, 6.45) is 3.10. The predicted octanol–water partition coefficient (Wildman–Crippen LogP) is 5.08. The molecule has 0 saturated carbocycles. The number of halogens is 2. The van der Waals surface area contributed by atoms with Crippen LogP contribution in [0.1, 0.15) is 27.9 Å². The zero-order valence-corrected chi connectivity index (χ0v) is 13.6. The number of alkyl halides is 1. The lowest BCUT2D eigenvalue weighted by Crippen LogP contribution is -2.18. The van der Waals surface area contributed by atoms with Gasteiger partial charge in [0.2, 0.25) is 0 Å². The minimum Gasteiger partial charge on any atom is -0.494 e. The number of hydrogen-bond donors (Lipinski definition) is 0. The molecule has 1 aliphatic carbocycles. The second-order valence-electron chi connectivity index (χ2n) is 5.57. The van der Waals surface area contributed by atoms with E-state index < -0.39 is 0 Å². The first-order valence-corrected chi connectivity index (χ1v) is 8.15. The molecular formula is C18H18BrFO. The van der Waals surface area contributed by atoms with E-state index in [9.17, 15) is 4.39 Å². The molecule has 0 radical (unpaired) electrons. The number of hydrogen-bond acceptors (Lipinski definition) is 1. The van der Waals surface area contributed by atoms with Crippen molar-refractivity contribution in [1.29, 1.82) is 0 Å². The van der Waals surface area contributed by atoms with E-state index in [1.165, 1.54) is 18.2 Å². The van der Waals surface area contributed by atoms with E-state index in [1.807, 2.05) is 6.07 Å². The molecule has 0 saturated heterocycles. The second-order valence-corrected chi connectivity index (χ2v) is 6.56. The van der Waals surface area contributed by atoms with Crippen LogP contribution in [0, 0.1) is 11.7 Å². The molecule has 0 spiro atoms. The molecule has 0 N–H and O–H groups in total. The van der Waals surface area contributed by atoms with Crippen molar-refractivity contribution in [2.45, 2.75) is 24.1 Å². The maximum absolute atomic E-state index is 13.8. The van der Waals surface area contributed by atoms with Gasteiger partial charge in [-0.2, -0.15) is 0 Å². The van der Waals surface area contributed by atoms with Crippen molar-refractivity contribution in [3.05, 3.63) is 65.0 Å². The SMILES string of the molecule is COc1ccc(CC2CCc3ccccc3C2Br)cc1F. The molecule has 2 aromatic rings. The first-order valence-electron chi connectivity index (χ1n) is 7.23. The van der Waals surface area contributed by atoms with Gasteiger partial charge in [-0.25, -0.2) is 4.39 Å². The van der Waals surface area contributed by atoms with Gasteiger partial charge in [0.1, 0.15) is 0 Å². The Morgan fingerprint density at radius 2 is 2.05 bits per heavy atom. The van der Waals surface area contributed by atoms with E-state index in [1.54, 1.807) is 12.1 Å². The van der Waals surface area contributed by atoms with Crippen molar-refractivity contribution in [2.75, 3.05) is 7.11 Å². The Kier molecular flexibility index (Phi) is 4.29. The van der Waals surface area contributed by atoms with Crippen molar-refractivity contribution in [2.24, 2.45) is 5.92 Å². The van der Waals surface area contributed by atoms with Crippen molar-refractivity contribution in [1.82, 2.24) is 0 Å². The van der Waals surface area contributed by atoms with Crippen LogP contribution in [0.5, 0.6) is 5.75 Å². The highest BCUT2D eigenvalue weighted by Crippen LogP contribution is 2.42. The fraction of sp³-hybridized carbons (Fsp3) is 0.333. The van der Waals surface area contributed by atoms with E-state index >= 15 is 0 Å². The average Bonchev–Trinajstić information content (AvgIpc) is 2.51. The summed E-state index contributed by atoms with van der Waals surface area (Å²) in [5, 5.41) is 0. The molecule has 21 heavy (non-hydrogen) atoms. The molecule has 2 atom stereocenters. The number of fused-ring (bicyclic) bond motifs is 1. The van der Waals surface area contributed by atoms with Crippen LogP contribution in [0.25, 0.3) is 0 Å². The highest BCUT2D eigenvalue weighted by atomic mass is 79.9. The van der Waals surface area contributed by atoms with Crippen LogP contribution in [0.15, 0.2) is 42.5 Å². The topological polar surface area (TPSA) is 9.23 Å². The smallest absolute Gasteiger partial charge is 0.165 e. The summed E-state index contributed by atoms with van der Waals surface area (Å²) in [6.45, 7) is 0. The van der Waals surface area contributed by atoms with Gasteiger partial charge in [0.25, 0.3) is 0 Å². The Morgan fingerprint density at radius 1 is 1.24 bits per heavy atom. The highest BCUT2D eigenvalue weighted by Gasteiger charge is 2.27. The Morgan fingerprint density at radius 3 is 2.81 bits per heavy atom. The average molecular weight is 349 g/mol. The predicted molar refractivity (Wildman–Crippen MR) is 86.6 cm³/mol. The van der Waals surface area contributed by atoms with Crippen molar-refractivity contribution in [3.8, 4) is 5.75 Å². The van der Waals surface area contributed by atoms with E-state index in [0.717, 1.165) is 24.8 Å². The normalized spacial score (nSPS) is 20.9. The van der Waals surface area contributed by atoms with Gasteiger partial charge < -0.3 is 4.74 Å². The first-order chi connectivity index (χ1) is 10.2. The lowest BCUT2D eigenvalue weighted by molar-refractivity contribution is 0.385. The Hall–Kier alpha value is -1.35. The molecule has 2 unspecified atom stereocenters. The second kappa shape index (κ2) is 6.18. The van der Waals surface area contributed by atoms with Crippen LogP contribution >= 0.6 is 15.9 Å². The maximum Gasteiger partial charge on any atom is 0.165 e. The van der Waals surface area contributed by atoms with E-state index in [0.29, 0.717) is 16.5 Å². The molecule has 3 rings (SSSR count). The fourth-order valence-corrected chi connectivity index (χ4v) is 4.02. The van der Waals surface area contributed by atoms with Crippen LogP contribution in [-0.2, 0) is 12.8 Å². The lowest BCUT2D eigenvalue weighted by atomic mass is 9.81. The summed E-state index contributed by atoms with van der Waals surface area (Å²) in [4.78, 5) is 0.340. The first kappa shape index (κ1) is 14.6. The monoisotopic (exact) mass is 348 g/mol. The molecule has 1 aliphatic rings. The molecule has 0 fully saturated rings. The van der Waals surface area contributed by atoms with Crippen LogP contribution in [0.3, 0.4) is 0 Å². The summed E-state index contributed by atoms with van der Waals surface area (Å²) in [5.74, 6) is 0.521. The van der Waals surface area contributed by atoms with Crippen molar-refractivity contribution in [3.63, 3.8) is 0 Å². The third kappa shape index (κ3) is 2.98. The molecular weight excluding hydrogens is 331 g/mol. The minimum atomic E-state index is -0.280. The van der Waals surface area contributed by atoms with Gasteiger partial charge in [-0.05, 0) is 54.0 Å². The Labute approximate surface area is 133 Å². The molecule has 0 aromatic heterocycles. The summed E-state index contributed by atoms with van der Waals surface area (Å²) >= 11 is 3.84. The molecule has 0 aliphatic heterocycles. The molecule has 0 amide bonds. The highest BCUT2D eigenvalue weighted by molar-refractivity contribution is 9.09. The van der Waals surface area contributed by atoms with Gasteiger partial charge >= 0.3 is 0 Å². The van der Waals surface area contributed by atoms with Gasteiger partial charge in [-0.3, -0.25) is 0 Å². The zero-order chi connectivity index (χ0) is 14.8. The zero-order valence-electron chi connectivity index (χ0n) is 12.0. The maximum atomic E-state index is 13.8. The van der Waals surface area contributed by atoms with E-state index in [-0.39, 0.29) is 5.82 Å². The van der Waals surface area contributed by atoms with Gasteiger partial charge in [-0.1, -0.05) is 46.3 Å². The van der Waals surface area contributed by atoms with E-state index in [2.05, 4.69) is 40.2 Å². The number of methoxy groups -OCH3 is 1. The standard InChI is InChI=1S/C18H18BrFO/c1-21-17-9-6-12(11-16(17)20)10-14-8-7-13-4-2-3-5-15(13)18(14)19/h2-6,9,11,14,18H,7-8,10H2,1H3. The summed E-state index contributed by atoms with van der Waals surface area (Å²) in [7, 11) is 1.49. The molecule has 3 heteroatoms. The number of rotatable bonds is 3. The summed E-state index contributed by atoms with van der Waals surface area (Å²) in [5.41, 5.74) is 3.83. The summed E-state index contributed by atoms with van der Waals surface area (Å²) in [6, 6.07) is 13.8. The van der Waals surface area contributed by atoms with Crippen LogP contribution in [0.2, 0.25) is 0 Å². The Balaban J connectivity index is 1.79. The van der Waals surface area contributed by atoms with Gasteiger partial charge in [0.15, 0.2) is 11.6 Å². The summed E-state index contributed by atoms with van der Waals surface area (Å²) < 4.78 is 18.8. The van der Waals surface area contributed by atoms with Crippen molar-refractivity contribution >= 4 is 15.9 Å². The van der Waals surface area contributed by atoms with Crippen LogP contribution < -0.4 is 4.74 Å². The molecule has 1 nitrogen and oxygen atoms in total. The fourth-order valence-electron chi connectivity index (χ4n) is 3.12. The quantitative estimate of drug-likeness (QED) is 0.703. The largest absolute Gasteiger partial charge is 0.494 e. The number of benzene rings is 2. The minimum absolute atomic E-state index is 0.280. The van der Waals surface area contributed by atoms with Gasteiger partial charge in [0.05, 0.1) is 7.11 Å². The van der Waals surface area contributed by atoms with Crippen LogP contribution in [-0.4, -0.2) is 7.11 Å². The lowest BCUT2D eigenvalue weighted by Gasteiger charge is -2.30.